The highest BCUT2D eigenvalue weighted by molar-refractivity contribution is 14.0. The molecule has 27 heavy (non-hydrogen) atoms. The van der Waals surface area contributed by atoms with Crippen molar-refractivity contribution in [1.29, 1.82) is 0 Å². The van der Waals surface area contributed by atoms with E-state index >= 15 is 0 Å². The molecule has 2 aromatic rings. The Hall–Kier alpha value is -0.880. The van der Waals surface area contributed by atoms with Crippen LogP contribution in [0, 0.1) is 0 Å². The molecule has 1 heterocycles. The zero-order valence-corrected chi connectivity index (χ0v) is 20.1. The molecule has 6 nitrogen and oxygen atoms in total. The Morgan fingerprint density at radius 2 is 1.89 bits per heavy atom. The molecule has 0 bridgehead atoms. The first kappa shape index (κ1) is 24.2. The third-order valence-corrected chi connectivity index (χ3v) is 7.25. The monoisotopic (exact) mass is 542 g/mol. The molecular formula is C17H24ClIN4O2S2. The van der Waals surface area contributed by atoms with Gasteiger partial charge in [0.2, 0.25) is 0 Å². The number of hydrogen-bond donors (Lipinski definition) is 2. The summed E-state index contributed by atoms with van der Waals surface area (Å²) in [5.74, 6) is 0.651. The summed E-state index contributed by atoms with van der Waals surface area (Å²) in [6.07, 6.45) is 0. The molecule has 0 aliphatic rings. The molecule has 0 amide bonds. The number of sulfonamides is 1. The first-order chi connectivity index (χ1) is 12.3. The lowest BCUT2D eigenvalue weighted by molar-refractivity contribution is 0.523. The molecule has 1 aromatic heterocycles. The van der Waals surface area contributed by atoms with Crippen LogP contribution in [0.25, 0.3) is 0 Å². The summed E-state index contributed by atoms with van der Waals surface area (Å²) in [5, 5.41) is 7.07. The first-order valence-electron chi connectivity index (χ1n) is 8.11. The van der Waals surface area contributed by atoms with E-state index in [-0.39, 0.29) is 24.0 Å². The van der Waals surface area contributed by atoms with Crippen molar-refractivity contribution in [1.82, 2.24) is 14.9 Å². The molecule has 0 saturated carbocycles. The average Bonchev–Trinajstić information content (AvgIpc) is 3.08. The number of nitrogens with one attached hydrogen (secondary N) is 2. The van der Waals surface area contributed by atoms with Crippen molar-refractivity contribution in [2.45, 2.75) is 24.2 Å². The summed E-state index contributed by atoms with van der Waals surface area (Å²) in [7, 11) is -0.341. The standard InChI is InChI=1S/C17H23ClN4O2S2.HI/c1-4-19-17(20-11-13-7-5-6-8-15(13)18)21-12-14-9-10-16(25-14)26(23,24)22(2)3;/h5-10H,4,11-12H2,1-3H3,(H2,19,20,21);1H. The normalized spacial score (nSPS) is 12.0. The van der Waals surface area contributed by atoms with Crippen molar-refractivity contribution in [2.24, 2.45) is 4.99 Å². The van der Waals surface area contributed by atoms with E-state index in [2.05, 4.69) is 15.6 Å². The second-order valence-corrected chi connectivity index (χ2v) is 9.60. The molecule has 0 saturated heterocycles. The van der Waals surface area contributed by atoms with E-state index in [0.717, 1.165) is 17.0 Å². The SMILES string of the molecule is CCNC(=NCc1ccccc1Cl)NCc1ccc(S(=O)(=O)N(C)C)s1.I. The van der Waals surface area contributed by atoms with Gasteiger partial charge in [0.05, 0.1) is 13.1 Å². The van der Waals surface area contributed by atoms with E-state index in [1.54, 1.807) is 6.07 Å². The molecule has 2 N–H and O–H groups in total. The Morgan fingerprint density at radius 3 is 2.52 bits per heavy atom. The zero-order valence-electron chi connectivity index (χ0n) is 15.4. The summed E-state index contributed by atoms with van der Waals surface area (Å²) in [5.41, 5.74) is 0.946. The Labute approximate surface area is 187 Å². The minimum atomic E-state index is -3.39. The van der Waals surface area contributed by atoms with Gasteiger partial charge in [-0.2, -0.15) is 0 Å². The van der Waals surface area contributed by atoms with Crippen molar-refractivity contribution in [2.75, 3.05) is 20.6 Å². The van der Waals surface area contributed by atoms with Crippen LogP contribution in [0.2, 0.25) is 5.02 Å². The average molecular weight is 543 g/mol. The van der Waals surface area contributed by atoms with Gasteiger partial charge in [-0.25, -0.2) is 17.7 Å². The highest BCUT2D eigenvalue weighted by Crippen LogP contribution is 2.23. The predicted molar refractivity (Wildman–Crippen MR) is 124 cm³/mol. The van der Waals surface area contributed by atoms with Gasteiger partial charge in [-0.3, -0.25) is 0 Å². The molecule has 150 valence electrons. The molecule has 0 fully saturated rings. The third-order valence-electron chi connectivity index (χ3n) is 3.51. The fraction of sp³-hybridized carbons (Fsp3) is 0.353. The van der Waals surface area contributed by atoms with Crippen molar-refractivity contribution in [3.63, 3.8) is 0 Å². The molecule has 0 unspecified atom stereocenters. The largest absolute Gasteiger partial charge is 0.357 e. The van der Waals surface area contributed by atoms with E-state index in [1.807, 2.05) is 37.3 Å². The van der Waals surface area contributed by atoms with Crippen LogP contribution in [0.15, 0.2) is 45.6 Å². The Bertz CT molecular complexity index is 869. The second kappa shape index (κ2) is 11.2. The number of halogens is 2. The van der Waals surface area contributed by atoms with E-state index in [9.17, 15) is 8.42 Å². The molecule has 1 aromatic carbocycles. The maximum atomic E-state index is 12.1. The van der Waals surface area contributed by atoms with Gasteiger partial charge >= 0.3 is 0 Å². The fourth-order valence-corrected chi connectivity index (χ4v) is 4.74. The molecule has 0 aliphatic heterocycles. The predicted octanol–water partition coefficient (Wildman–Crippen LogP) is 3.53. The van der Waals surface area contributed by atoms with Gasteiger partial charge < -0.3 is 10.6 Å². The Balaban J connectivity index is 0.00000364. The summed E-state index contributed by atoms with van der Waals surface area (Å²) in [6, 6.07) is 11.0. The van der Waals surface area contributed by atoms with E-state index < -0.39 is 10.0 Å². The number of hydrogen-bond acceptors (Lipinski definition) is 4. The van der Waals surface area contributed by atoms with Crippen LogP contribution in [-0.2, 0) is 23.1 Å². The van der Waals surface area contributed by atoms with Gasteiger partial charge in [-0.1, -0.05) is 29.8 Å². The lowest BCUT2D eigenvalue weighted by Gasteiger charge is -2.11. The highest BCUT2D eigenvalue weighted by Gasteiger charge is 2.19. The van der Waals surface area contributed by atoms with Crippen molar-refractivity contribution in [3.8, 4) is 0 Å². The Kier molecular flexibility index (Phi) is 10.0. The van der Waals surface area contributed by atoms with E-state index in [4.69, 9.17) is 11.6 Å². The van der Waals surface area contributed by atoms with Gasteiger partial charge in [-0.15, -0.1) is 35.3 Å². The summed E-state index contributed by atoms with van der Waals surface area (Å²) >= 11 is 7.41. The van der Waals surface area contributed by atoms with Crippen LogP contribution in [0.4, 0.5) is 0 Å². The van der Waals surface area contributed by atoms with Gasteiger partial charge in [0.25, 0.3) is 10.0 Å². The minimum Gasteiger partial charge on any atom is -0.357 e. The molecule has 0 radical (unpaired) electrons. The fourth-order valence-electron chi connectivity index (χ4n) is 2.08. The number of nitrogens with zero attached hydrogens (tertiary/aromatic N) is 2. The van der Waals surface area contributed by atoms with Crippen LogP contribution in [0.1, 0.15) is 17.4 Å². The van der Waals surface area contributed by atoms with Gasteiger partial charge in [0, 0.05) is 30.5 Å². The molecule has 0 aliphatic carbocycles. The quantitative estimate of drug-likeness (QED) is 0.319. The van der Waals surface area contributed by atoms with Gasteiger partial charge in [-0.05, 0) is 30.7 Å². The molecule has 2 rings (SSSR count). The number of rotatable bonds is 7. The minimum absolute atomic E-state index is 0. The van der Waals surface area contributed by atoms with E-state index in [0.29, 0.717) is 28.3 Å². The van der Waals surface area contributed by atoms with E-state index in [1.165, 1.54) is 29.7 Å². The highest BCUT2D eigenvalue weighted by atomic mass is 127. The van der Waals surface area contributed by atoms with Crippen molar-refractivity contribution in [3.05, 3.63) is 51.9 Å². The molecular weight excluding hydrogens is 519 g/mol. The van der Waals surface area contributed by atoms with Crippen molar-refractivity contribution < 1.29 is 8.42 Å². The molecule has 10 heteroatoms. The van der Waals surface area contributed by atoms with Crippen LogP contribution in [0.5, 0.6) is 0 Å². The number of benzene rings is 1. The van der Waals surface area contributed by atoms with Crippen LogP contribution in [-0.4, -0.2) is 39.3 Å². The number of guanidine groups is 1. The third kappa shape index (κ3) is 6.90. The lowest BCUT2D eigenvalue weighted by atomic mass is 10.2. The molecule has 0 atom stereocenters. The van der Waals surface area contributed by atoms with Gasteiger partial charge in [0.15, 0.2) is 5.96 Å². The van der Waals surface area contributed by atoms with Crippen molar-refractivity contribution >= 4 is 62.9 Å². The smallest absolute Gasteiger partial charge is 0.252 e. The summed E-state index contributed by atoms with van der Waals surface area (Å²) < 4.78 is 25.8. The van der Waals surface area contributed by atoms with Crippen LogP contribution < -0.4 is 10.6 Å². The van der Waals surface area contributed by atoms with Crippen LogP contribution in [0.3, 0.4) is 0 Å². The second-order valence-electron chi connectivity index (χ2n) is 5.65. The topological polar surface area (TPSA) is 73.8 Å². The maximum absolute atomic E-state index is 12.1. The van der Waals surface area contributed by atoms with Crippen LogP contribution >= 0.6 is 46.9 Å². The zero-order chi connectivity index (χ0) is 19.2. The maximum Gasteiger partial charge on any atom is 0.252 e. The summed E-state index contributed by atoms with van der Waals surface area (Å²) in [4.78, 5) is 5.44. The lowest BCUT2D eigenvalue weighted by Crippen LogP contribution is -2.36. The summed E-state index contributed by atoms with van der Waals surface area (Å²) in [6.45, 7) is 3.65. The Morgan fingerprint density at radius 1 is 1.19 bits per heavy atom. The number of thiophene rings is 1. The molecule has 0 spiro atoms. The van der Waals surface area contributed by atoms with Gasteiger partial charge in [0.1, 0.15) is 4.21 Å². The first-order valence-corrected chi connectivity index (χ1v) is 10.7. The number of aliphatic imine (C=N–C) groups is 1.